The average Bonchev–Trinajstić information content (AvgIpc) is 3.02. The van der Waals surface area contributed by atoms with Crippen molar-refractivity contribution in [2.24, 2.45) is 0 Å². The summed E-state index contributed by atoms with van der Waals surface area (Å²) < 4.78 is 19.4. The number of carbonyl (C=O) groups is 1. The smallest absolute Gasteiger partial charge is 0.273 e. The van der Waals surface area contributed by atoms with Gasteiger partial charge in [0.1, 0.15) is 17.3 Å². The summed E-state index contributed by atoms with van der Waals surface area (Å²) in [7, 11) is 0. The zero-order valence-electron chi connectivity index (χ0n) is 16.2. The van der Waals surface area contributed by atoms with Crippen LogP contribution in [0.15, 0.2) is 18.2 Å². The van der Waals surface area contributed by atoms with Gasteiger partial charge >= 0.3 is 0 Å². The zero-order valence-corrected chi connectivity index (χ0v) is 16.2. The topological polar surface area (TPSA) is 70.6 Å². The number of benzene rings is 1. The van der Waals surface area contributed by atoms with Gasteiger partial charge in [0.25, 0.3) is 5.91 Å². The van der Waals surface area contributed by atoms with Gasteiger partial charge in [-0.15, -0.1) is 0 Å². The molecule has 8 heteroatoms. The number of aryl methyl sites for hydroxylation is 1. The first-order valence-corrected chi connectivity index (χ1v) is 9.63. The van der Waals surface area contributed by atoms with Gasteiger partial charge in [0.15, 0.2) is 0 Å². The molecule has 0 spiro atoms. The number of hydrogen-bond donors (Lipinski definition) is 1. The Bertz CT molecular complexity index is 898. The van der Waals surface area contributed by atoms with Crippen LogP contribution in [0, 0.1) is 12.7 Å². The van der Waals surface area contributed by atoms with Crippen molar-refractivity contribution in [1.29, 1.82) is 0 Å². The number of amides is 1. The zero-order chi connectivity index (χ0) is 19.7. The van der Waals surface area contributed by atoms with E-state index in [1.807, 2.05) is 17.9 Å². The van der Waals surface area contributed by atoms with E-state index in [9.17, 15) is 9.18 Å². The van der Waals surface area contributed by atoms with Gasteiger partial charge in [-0.25, -0.2) is 9.37 Å². The summed E-state index contributed by atoms with van der Waals surface area (Å²) in [5.74, 6) is 0.699. The molecule has 4 rings (SSSR count). The van der Waals surface area contributed by atoms with E-state index >= 15 is 0 Å². The molecule has 1 fully saturated rings. The maximum absolute atomic E-state index is 14.0. The van der Waals surface area contributed by atoms with E-state index in [0.717, 1.165) is 12.0 Å². The molecular formula is C20H24FN5O2. The molecule has 0 radical (unpaired) electrons. The molecule has 0 unspecified atom stereocenters. The monoisotopic (exact) mass is 385 g/mol. The molecule has 0 saturated carbocycles. The van der Waals surface area contributed by atoms with Crippen molar-refractivity contribution in [3.63, 3.8) is 0 Å². The molecule has 1 N–H and O–H groups in total. The van der Waals surface area contributed by atoms with Crippen LogP contribution in [0.4, 0.5) is 21.8 Å². The Morgan fingerprint density at radius 1 is 1.25 bits per heavy atom. The summed E-state index contributed by atoms with van der Waals surface area (Å²) in [5.41, 5.74) is 2.37. The van der Waals surface area contributed by atoms with Gasteiger partial charge in [-0.2, -0.15) is 4.98 Å². The summed E-state index contributed by atoms with van der Waals surface area (Å²) in [5, 5.41) is 3.21. The van der Waals surface area contributed by atoms with Gasteiger partial charge in [-0.3, -0.25) is 4.79 Å². The molecule has 3 heterocycles. The molecule has 2 aromatic rings. The summed E-state index contributed by atoms with van der Waals surface area (Å²) in [6.07, 6.45) is 0.870. The van der Waals surface area contributed by atoms with Crippen molar-refractivity contribution in [2.45, 2.75) is 26.8 Å². The highest BCUT2D eigenvalue weighted by Gasteiger charge is 2.33. The molecule has 0 atom stereocenters. The molecular weight excluding hydrogens is 361 g/mol. The molecule has 7 nitrogen and oxygen atoms in total. The largest absolute Gasteiger partial charge is 0.378 e. The molecule has 148 valence electrons. The number of carbonyl (C=O) groups excluding carboxylic acids is 1. The normalized spacial score (nSPS) is 16.5. The number of fused-ring (bicyclic) bond motifs is 1. The molecule has 2 aliphatic heterocycles. The number of morpholine rings is 1. The van der Waals surface area contributed by atoms with Crippen LogP contribution in [-0.2, 0) is 11.3 Å². The van der Waals surface area contributed by atoms with Gasteiger partial charge in [-0.05, 0) is 31.0 Å². The van der Waals surface area contributed by atoms with Crippen LogP contribution in [0.5, 0.6) is 0 Å². The summed E-state index contributed by atoms with van der Waals surface area (Å²) in [6, 6.07) is 4.97. The Balaban J connectivity index is 1.73. The predicted molar refractivity (Wildman–Crippen MR) is 105 cm³/mol. The summed E-state index contributed by atoms with van der Waals surface area (Å²) in [6.45, 7) is 7.43. The molecule has 1 saturated heterocycles. The number of ether oxygens (including phenoxy) is 1. The van der Waals surface area contributed by atoms with Crippen molar-refractivity contribution in [3.8, 4) is 0 Å². The van der Waals surface area contributed by atoms with Gasteiger partial charge in [-0.1, -0.05) is 13.0 Å². The van der Waals surface area contributed by atoms with Crippen LogP contribution in [-0.4, -0.2) is 53.6 Å². The lowest BCUT2D eigenvalue weighted by Crippen LogP contribution is -2.37. The lowest BCUT2D eigenvalue weighted by molar-refractivity contribution is 0.0774. The van der Waals surface area contributed by atoms with E-state index in [0.29, 0.717) is 68.1 Å². The summed E-state index contributed by atoms with van der Waals surface area (Å²) in [4.78, 5) is 25.9. The standard InChI is InChI=1S/C20H24FN5O2/c1-3-6-26-12-15-17(19(26)27)23-20(25-7-9-28-10-8-25)24-18(15)22-14-5-4-13(2)16(21)11-14/h4-5,11H,3,6-10,12H2,1-2H3,(H,22,23,24). The van der Waals surface area contributed by atoms with Gasteiger partial charge in [0.2, 0.25) is 5.95 Å². The molecule has 1 aromatic carbocycles. The fourth-order valence-electron chi connectivity index (χ4n) is 3.48. The number of rotatable bonds is 5. The maximum Gasteiger partial charge on any atom is 0.273 e. The number of nitrogens with zero attached hydrogens (tertiary/aromatic N) is 4. The van der Waals surface area contributed by atoms with Crippen molar-refractivity contribution >= 4 is 23.4 Å². The molecule has 1 aromatic heterocycles. The van der Waals surface area contributed by atoms with E-state index in [2.05, 4.69) is 10.3 Å². The minimum atomic E-state index is -0.284. The minimum absolute atomic E-state index is 0.0769. The first kappa shape index (κ1) is 18.6. The van der Waals surface area contributed by atoms with Crippen LogP contribution >= 0.6 is 0 Å². The van der Waals surface area contributed by atoms with E-state index in [1.54, 1.807) is 17.9 Å². The third-order valence-corrected chi connectivity index (χ3v) is 5.06. The van der Waals surface area contributed by atoms with Crippen LogP contribution in [0.25, 0.3) is 0 Å². The highest BCUT2D eigenvalue weighted by molar-refractivity contribution is 5.98. The van der Waals surface area contributed by atoms with E-state index in [1.165, 1.54) is 6.07 Å². The lowest BCUT2D eigenvalue weighted by atomic mass is 10.2. The Labute approximate surface area is 163 Å². The maximum atomic E-state index is 14.0. The Morgan fingerprint density at radius 2 is 2.04 bits per heavy atom. The fourth-order valence-corrected chi connectivity index (χ4v) is 3.48. The van der Waals surface area contributed by atoms with Crippen molar-refractivity contribution in [3.05, 3.63) is 40.8 Å². The third-order valence-electron chi connectivity index (χ3n) is 5.06. The van der Waals surface area contributed by atoms with Gasteiger partial charge < -0.3 is 19.9 Å². The molecule has 0 bridgehead atoms. The highest BCUT2D eigenvalue weighted by atomic mass is 19.1. The number of halogens is 1. The molecule has 0 aliphatic carbocycles. The number of hydrogen-bond acceptors (Lipinski definition) is 6. The molecule has 1 amide bonds. The molecule has 2 aliphatic rings. The minimum Gasteiger partial charge on any atom is -0.378 e. The van der Waals surface area contributed by atoms with E-state index < -0.39 is 0 Å². The fraction of sp³-hybridized carbons (Fsp3) is 0.450. The Morgan fingerprint density at radius 3 is 2.75 bits per heavy atom. The van der Waals surface area contributed by atoms with Gasteiger partial charge in [0, 0.05) is 30.9 Å². The van der Waals surface area contributed by atoms with Crippen LogP contribution in [0.3, 0.4) is 0 Å². The van der Waals surface area contributed by atoms with E-state index in [-0.39, 0.29) is 11.7 Å². The van der Waals surface area contributed by atoms with Crippen LogP contribution in [0.2, 0.25) is 0 Å². The summed E-state index contributed by atoms with van der Waals surface area (Å²) >= 11 is 0. The number of nitrogens with one attached hydrogen (secondary N) is 1. The Kier molecular flexibility index (Phi) is 5.13. The third kappa shape index (κ3) is 3.52. The van der Waals surface area contributed by atoms with E-state index in [4.69, 9.17) is 9.72 Å². The first-order valence-electron chi connectivity index (χ1n) is 9.63. The second kappa shape index (κ2) is 7.71. The lowest BCUT2D eigenvalue weighted by Gasteiger charge is -2.27. The van der Waals surface area contributed by atoms with Gasteiger partial charge in [0.05, 0.1) is 19.8 Å². The molecule has 28 heavy (non-hydrogen) atoms. The predicted octanol–water partition coefficient (Wildman–Crippen LogP) is 2.87. The number of anilines is 3. The highest BCUT2D eigenvalue weighted by Crippen LogP contribution is 2.31. The SMILES string of the molecule is CCCN1Cc2c(Nc3ccc(C)c(F)c3)nc(N3CCOCC3)nc2C1=O. The number of aromatic nitrogens is 2. The second-order valence-corrected chi connectivity index (χ2v) is 7.11. The van der Waals surface area contributed by atoms with Crippen molar-refractivity contribution in [1.82, 2.24) is 14.9 Å². The first-order chi connectivity index (χ1) is 13.6. The quantitative estimate of drug-likeness (QED) is 0.854. The Hall–Kier alpha value is -2.74. The van der Waals surface area contributed by atoms with Crippen molar-refractivity contribution in [2.75, 3.05) is 43.1 Å². The van der Waals surface area contributed by atoms with Crippen LogP contribution < -0.4 is 10.2 Å². The van der Waals surface area contributed by atoms with Crippen molar-refractivity contribution < 1.29 is 13.9 Å². The van der Waals surface area contributed by atoms with Crippen LogP contribution in [0.1, 0.15) is 35.0 Å². The second-order valence-electron chi connectivity index (χ2n) is 7.11. The average molecular weight is 385 g/mol.